The van der Waals surface area contributed by atoms with Gasteiger partial charge in [0, 0.05) is 25.7 Å². The summed E-state index contributed by atoms with van der Waals surface area (Å²) in [6, 6.07) is 28.1. The van der Waals surface area contributed by atoms with Gasteiger partial charge in [-0.25, -0.2) is 0 Å². The Morgan fingerprint density at radius 1 is 0.771 bits per heavy atom. The maximum absolute atomic E-state index is 14.0. The summed E-state index contributed by atoms with van der Waals surface area (Å²) < 4.78 is 14.0. The van der Waals surface area contributed by atoms with Crippen molar-refractivity contribution in [3.8, 4) is 0 Å². The molecule has 0 fully saturated rings. The van der Waals surface area contributed by atoms with Crippen LogP contribution in [0, 0.1) is 5.92 Å². The van der Waals surface area contributed by atoms with E-state index < -0.39 is 37.2 Å². The van der Waals surface area contributed by atoms with E-state index in [-0.39, 0.29) is 12.8 Å². The summed E-state index contributed by atoms with van der Waals surface area (Å²) in [7, 11) is -4.17. The third-order valence-corrected chi connectivity index (χ3v) is 8.17. The van der Waals surface area contributed by atoms with Gasteiger partial charge in [0.2, 0.25) is 7.37 Å². The molecule has 0 saturated carbocycles. The molecule has 0 spiro atoms. The summed E-state index contributed by atoms with van der Waals surface area (Å²) >= 11 is 0. The van der Waals surface area contributed by atoms with E-state index in [2.05, 4.69) is 0 Å². The summed E-state index contributed by atoms with van der Waals surface area (Å²) in [5.74, 6) is -4.64. The molecule has 0 aromatic heterocycles. The van der Waals surface area contributed by atoms with Gasteiger partial charge in [0.25, 0.3) is 0 Å². The van der Waals surface area contributed by atoms with Crippen LogP contribution in [0.1, 0.15) is 35.3 Å². The fourth-order valence-electron chi connectivity index (χ4n) is 4.19. The SMILES string of the molecule is O=C(O)CCC(CP(=O)(O)C(c1ccccc1)N(Cc1ccccc1)Cc1ccccc1)C(=O)O. The van der Waals surface area contributed by atoms with Crippen LogP contribution in [0.25, 0.3) is 0 Å². The van der Waals surface area contributed by atoms with E-state index in [4.69, 9.17) is 5.11 Å². The minimum absolute atomic E-state index is 0.214. The third kappa shape index (κ3) is 7.89. The lowest BCUT2D eigenvalue weighted by Gasteiger charge is -2.36. The maximum Gasteiger partial charge on any atom is 0.307 e. The van der Waals surface area contributed by atoms with Crippen LogP contribution in [-0.2, 0) is 27.2 Å². The lowest BCUT2D eigenvalue weighted by atomic mass is 10.1. The Hall–Kier alpha value is -3.25. The van der Waals surface area contributed by atoms with E-state index in [9.17, 15) is 24.2 Å². The average Bonchev–Trinajstić information content (AvgIpc) is 2.83. The Morgan fingerprint density at radius 2 is 1.23 bits per heavy atom. The van der Waals surface area contributed by atoms with Gasteiger partial charge in [0.15, 0.2) is 0 Å². The molecule has 3 rings (SSSR count). The number of rotatable bonds is 13. The summed E-state index contributed by atoms with van der Waals surface area (Å²) in [6.45, 7) is 0.736. The van der Waals surface area contributed by atoms with Gasteiger partial charge in [0.1, 0.15) is 5.78 Å². The Balaban J connectivity index is 2.03. The molecular weight excluding hydrogens is 465 g/mol. The first-order valence-corrected chi connectivity index (χ1v) is 13.3. The molecule has 0 aliphatic heterocycles. The molecule has 0 heterocycles. The molecule has 0 amide bonds. The first-order chi connectivity index (χ1) is 16.8. The van der Waals surface area contributed by atoms with Crippen LogP contribution in [0.2, 0.25) is 0 Å². The van der Waals surface area contributed by atoms with E-state index in [1.54, 1.807) is 24.3 Å². The maximum atomic E-state index is 14.0. The minimum Gasteiger partial charge on any atom is -0.481 e. The normalized spacial score (nSPS) is 14.7. The highest BCUT2D eigenvalue weighted by Crippen LogP contribution is 2.59. The Labute approximate surface area is 205 Å². The standard InChI is InChI=1S/C27H30NO6P/c29-25(30)17-16-24(27(31)32)20-35(33,34)26(23-14-8-3-9-15-23)28(18-21-10-4-1-5-11-21)19-22-12-6-2-7-13-22/h1-15,24,26H,16-20H2,(H,29,30)(H,31,32)(H,33,34). The second kappa shape index (κ2) is 12.5. The third-order valence-electron chi connectivity index (χ3n) is 5.82. The van der Waals surface area contributed by atoms with Gasteiger partial charge in [-0.15, -0.1) is 0 Å². The number of carboxylic acid groups (broad SMARTS) is 2. The lowest BCUT2D eigenvalue weighted by molar-refractivity contribution is -0.142. The molecule has 3 aromatic rings. The van der Waals surface area contributed by atoms with Crippen LogP contribution in [0.5, 0.6) is 0 Å². The molecular formula is C27H30NO6P. The summed E-state index contributed by atoms with van der Waals surface area (Å²) in [4.78, 5) is 36.2. The average molecular weight is 496 g/mol. The Morgan fingerprint density at radius 3 is 1.66 bits per heavy atom. The molecule has 7 nitrogen and oxygen atoms in total. The largest absolute Gasteiger partial charge is 0.481 e. The van der Waals surface area contributed by atoms with Gasteiger partial charge in [-0.1, -0.05) is 91.0 Å². The highest BCUT2D eigenvalue weighted by Gasteiger charge is 2.40. The van der Waals surface area contributed by atoms with Gasteiger partial charge in [-0.05, 0) is 23.1 Å². The van der Waals surface area contributed by atoms with Crippen molar-refractivity contribution in [2.45, 2.75) is 31.7 Å². The highest BCUT2D eigenvalue weighted by molar-refractivity contribution is 7.58. The molecule has 3 atom stereocenters. The first-order valence-electron chi connectivity index (χ1n) is 11.4. The van der Waals surface area contributed by atoms with Crippen molar-refractivity contribution in [1.82, 2.24) is 4.90 Å². The minimum atomic E-state index is -4.17. The molecule has 0 saturated heterocycles. The second-order valence-corrected chi connectivity index (χ2v) is 10.9. The smallest absolute Gasteiger partial charge is 0.307 e. The summed E-state index contributed by atoms with van der Waals surface area (Å²) in [6.07, 6.45) is -1.12. The molecule has 3 N–H and O–H groups in total. The molecule has 8 heteroatoms. The number of hydrogen-bond acceptors (Lipinski definition) is 4. The first kappa shape index (κ1) is 26.4. The van der Waals surface area contributed by atoms with Gasteiger partial charge in [0.05, 0.1) is 5.92 Å². The molecule has 0 aliphatic carbocycles. The van der Waals surface area contributed by atoms with E-state index in [1.165, 1.54) is 0 Å². The summed E-state index contributed by atoms with van der Waals surface area (Å²) in [5.41, 5.74) is 2.50. The number of nitrogens with zero attached hydrogens (tertiary/aromatic N) is 1. The van der Waals surface area contributed by atoms with Crippen LogP contribution in [0.15, 0.2) is 91.0 Å². The van der Waals surface area contributed by atoms with E-state index >= 15 is 0 Å². The molecule has 0 radical (unpaired) electrons. The monoisotopic (exact) mass is 495 g/mol. The fourth-order valence-corrected chi connectivity index (χ4v) is 6.68. The number of carboxylic acids is 2. The summed E-state index contributed by atoms with van der Waals surface area (Å²) in [5, 5.41) is 18.7. The van der Waals surface area contributed by atoms with E-state index in [0.29, 0.717) is 18.7 Å². The topological polar surface area (TPSA) is 115 Å². The number of hydrogen-bond donors (Lipinski definition) is 3. The van der Waals surface area contributed by atoms with Crippen molar-refractivity contribution in [3.63, 3.8) is 0 Å². The van der Waals surface area contributed by atoms with Crippen molar-refractivity contribution >= 4 is 19.3 Å². The van der Waals surface area contributed by atoms with E-state index in [1.807, 2.05) is 71.6 Å². The fraction of sp³-hybridized carbons (Fsp3) is 0.259. The lowest BCUT2D eigenvalue weighted by Crippen LogP contribution is -2.31. The van der Waals surface area contributed by atoms with Crippen LogP contribution in [0.3, 0.4) is 0 Å². The molecule has 0 bridgehead atoms. The Kier molecular flexibility index (Phi) is 9.38. The highest BCUT2D eigenvalue weighted by atomic mass is 31.2. The van der Waals surface area contributed by atoms with Gasteiger partial charge in [-0.3, -0.25) is 19.1 Å². The van der Waals surface area contributed by atoms with Crippen molar-refractivity contribution < 1.29 is 29.3 Å². The predicted octanol–water partition coefficient (Wildman–Crippen LogP) is 5.22. The molecule has 0 aliphatic rings. The zero-order chi connectivity index (χ0) is 25.3. The zero-order valence-corrected chi connectivity index (χ0v) is 20.2. The zero-order valence-electron chi connectivity index (χ0n) is 19.3. The number of benzene rings is 3. The van der Waals surface area contributed by atoms with Crippen molar-refractivity contribution in [2.24, 2.45) is 5.92 Å². The molecule has 184 valence electrons. The van der Waals surface area contributed by atoms with Crippen LogP contribution < -0.4 is 0 Å². The molecule has 3 aromatic carbocycles. The molecule has 3 unspecified atom stereocenters. The second-order valence-electron chi connectivity index (χ2n) is 8.57. The Bertz CT molecular complexity index is 1100. The van der Waals surface area contributed by atoms with Crippen molar-refractivity contribution in [3.05, 3.63) is 108 Å². The van der Waals surface area contributed by atoms with Gasteiger partial charge in [-0.2, -0.15) is 0 Å². The van der Waals surface area contributed by atoms with Gasteiger partial charge >= 0.3 is 11.9 Å². The van der Waals surface area contributed by atoms with Crippen LogP contribution in [0.4, 0.5) is 0 Å². The van der Waals surface area contributed by atoms with Crippen molar-refractivity contribution in [2.75, 3.05) is 6.16 Å². The van der Waals surface area contributed by atoms with Crippen molar-refractivity contribution in [1.29, 1.82) is 0 Å². The number of aliphatic carboxylic acids is 2. The van der Waals surface area contributed by atoms with Crippen LogP contribution >= 0.6 is 7.37 Å². The number of carbonyl (C=O) groups is 2. The quantitative estimate of drug-likeness (QED) is 0.278. The van der Waals surface area contributed by atoms with E-state index in [0.717, 1.165) is 11.1 Å². The van der Waals surface area contributed by atoms with Gasteiger partial charge < -0.3 is 15.1 Å². The molecule has 35 heavy (non-hydrogen) atoms. The predicted molar refractivity (Wildman–Crippen MR) is 134 cm³/mol. The van der Waals surface area contributed by atoms with Crippen LogP contribution in [-0.4, -0.2) is 38.1 Å².